The second-order valence-corrected chi connectivity index (χ2v) is 5.69. The zero-order valence-electron chi connectivity index (χ0n) is 10.4. The maximum absolute atomic E-state index is 5.96. The quantitative estimate of drug-likeness (QED) is 0.488. The number of pyridine rings is 1. The summed E-state index contributed by atoms with van der Waals surface area (Å²) >= 11 is 7.69. The fraction of sp³-hybridized carbons (Fsp3) is 0.214. The number of rotatable bonds is 6. The molecule has 2 aromatic rings. The molecular formula is C14H16ClN3S. The van der Waals surface area contributed by atoms with Gasteiger partial charge in [-0.3, -0.25) is 16.3 Å². The molecule has 3 N–H and O–H groups in total. The molecule has 5 heteroatoms. The highest BCUT2D eigenvalue weighted by atomic mass is 35.5. The third kappa shape index (κ3) is 4.84. The average Bonchev–Trinajstić information content (AvgIpc) is 2.44. The molecule has 0 radical (unpaired) electrons. The van der Waals surface area contributed by atoms with Crippen LogP contribution in [0, 0.1) is 0 Å². The minimum absolute atomic E-state index is 0.180. The maximum Gasteiger partial charge on any atom is 0.0419 e. The second kappa shape index (κ2) is 7.50. The molecule has 1 aromatic heterocycles. The van der Waals surface area contributed by atoms with Crippen LogP contribution in [0.5, 0.6) is 0 Å². The van der Waals surface area contributed by atoms with Gasteiger partial charge >= 0.3 is 0 Å². The van der Waals surface area contributed by atoms with Crippen molar-refractivity contribution in [2.75, 3.05) is 5.75 Å². The Kier molecular flexibility index (Phi) is 5.66. The Balaban J connectivity index is 1.89. The minimum atomic E-state index is 0.180. The van der Waals surface area contributed by atoms with Crippen molar-refractivity contribution in [3.8, 4) is 0 Å². The first-order valence-electron chi connectivity index (χ1n) is 6.02. The van der Waals surface area contributed by atoms with Gasteiger partial charge in [0.25, 0.3) is 0 Å². The van der Waals surface area contributed by atoms with Gasteiger partial charge in [-0.05, 0) is 30.3 Å². The lowest BCUT2D eigenvalue weighted by Gasteiger charge is -2.15. The predicted molar refractivity (Wildman–Crippen MR) is 81.2 cm³/mol. The number of halogens is 1. The number of hydrazine groups is 1. The zero-order chi connectivity index (χ0) is 13.5. The van der Waals surface area contributed by atoms with Crippen molar-refractivity contribution in [3.05, 3.63) is 59.4 Å². The van der Waals surface area contributed by atoms with E-state index < -0.39 is 0 Å². The van der Waals surface area contributed by atoms with Gasteiger partial charge in [0.1, 0.15) is 0 Å². The molecule has 0 saturated carbocycles. The van der Waals surface area contributed by atoms with Crippen molar-refractivity contribution in [1.29, 1.82) is 0 Å². The van der Waals surface area contributed by atoms with Gasteiger partial charge in [-0.25, -0.2) is 0 Å². The van der Waals surface area contributed by atoms with Gasteiger partial charge in [0.05, 0.1) is 0 Å². The first-order chi connectivity index (χ1) is 9.28. The number of nitrogens with zero attached hydrogens (tertiary/aromatic N) is 1. The molecule has 0 bridgehead atoms. The standard InChI is InChI=1S/C14H16ClN3S/c15-11-4-3-6-14(8-11)19-10-13(18-16)9-12-5-1-2-7-17-12/h1-8,13,18H,9-10,16H2. The Morgan fingerprint density at radius 2 is 2.16 bits per heavy atom. The van der Waals surface area contributed by atoms with Gasteiger partial charge < -0.3 is 0 Å². The van der Waals surface area contributed by atoms with E-state index in [4.69, 9.17) is 17.4 Å². The van der Waals surface area contributed by atoms with Crippen LogP contribution in [0.4, 0.5) is 0 Å². The Labute approximate surface area is 122 Å². The summed E-state index contributed by atoms with van der Waals surface area (Å²) < 4.78 is 0. The van der Waals surface area contributed by atoms with Gasteiger partial charge in [0.2, 0.25) is 0 Å². The molecule has 0 aliphatic carbocycles. The van der Waals surface area contributed by atoms with Crippen LogP contribution < -0.4 is 11.3 Å². The highest BCUT2D eigenvalue weighted by Gasteiger charge is 2.09. The minimum Gasteiger partial charge on any atom is -0.271 e. The number of hydrogen-bond donors (Lipinski definition) is 2. The van der Waals surface area contributed by atoms with Crippen molar-refractivity contribution in [2.45, 2.75) is 17.4 Å². The largest absolute Gasteiger partial charge is 0.271 e. The molecule has 1 aromatic carbocycles. The van der Waals surface area contributed by atoms with E-state index in [1.807, 2.05) is 42.5 Å². The summed E-state index contributed by atoms with van der Waals surface area (Å²) in [6.45, 7) is 0. The van der Waals surface area contributed by atoms with Gasteiger partial charge in [-0.1, -0.05) is 23.7 Å². The third-order valence-electron chi connectivity index (χ3n) is 2.66. The van der Waals surface area contributed by atoms with E-state index in [-0.39, 0.29) is 6.04 Å². The first kappa shape index (κ1) is 14.3. The molecule has 0 aliphatic rings. The van der Waals surface area contributed by atoms with Crippen LogP contribution in [0.25, 0.3) is 0 Å². The molecule has 0 fully saturated rings. The van der Waals surface area contributed by atoms with Crippen LogP contribution in [0.15, 0.2) is 53.6 Å². The van der Waals surface area contributed by atoms with E-state index in [2.05, 4.69) is 10.4 Å². The molecule has 19 heavy (non-hydrogen) atoms. The van der Waals surface area contributed by atoms with Gasteiger partial charge in [-0.15, -0.1) is 11.8 Å². The molecule has 0 aliphatic heterocycles. The van der Waals surface area contributed by atoms with Crippen LogP contribution >= 0.6 is 23.4 Å². The first-order valence-corrected chi connectivity index (χ1v) is 7.38. The molecular weight excluding hydrogens is 278 g/mol. The lowest BCUT2D eigenvalue weighted by atomic mass is 10.2. The monoisotopic (exact) mass is 293 g/mol. The summed E-state index contributed by atoms with van der Waals surface area (Å²) in [4.78, 5) is 5.46. The normalized spacial score (nSPS) is 12.3. The molecule has 2 rings (SSSR count). The molecule has 1 atom stereocenters. The summed E-state index contributed by atoms with van der Waals surface area (Å²) in [5, 5.41) is 0.756. The van der Waals surface area contributed by atoms with Crippen LogP contribution in [-0.4, -0.2) is 16.8 Å². The third-order valence-corrected chi connectivity index (χ3v) is 4.06. The van der Waals surface area contributed by atoms with Crippen molar-refractivity contribution >= 4 is 23.4 Å². The lowest BCUT2D eigenvalue weighted by Crippen LogP contribution is -2.38. The van der Waals surface area contributed by atoms with E-state index in [0.717, 1.165) is 27.8 Å². The highest BCUT2D eigenvalue weighted by Crippen LogP contribution is 2.22. The van der Waals surface area contributed by atoms with E-state index in [9.17, 15) is 0 Å². The maximum atomic E-state index is 5.96. The fourth-order valence-electron chi connectivity index (χ4n) is 1.69. The molecule has 1 heterocycles. The van der Waals surface area contributed by atoms with Crippen LogP contribution in [0.2, 0.25) is 5.02 Å². The van der Waals surface area contributed by atoms with E-state index in [1.165, 1.54) is 0 Å². The predicted octanol–water partition coefficient (Wildman–Crippen LogP) is 2.90. The summed E-state index contributed by atoms with van der Waals surface area (Å²) in [5.74, 6) is 6.47. The van der Waals surface area contributed by atoms with Gasteiger partial charge in [0.15, 0.2) is 0 Å². The molecule has 3 nitrogen and oxygen atoms in total. The zero-order valence-corrected chi connectivity index (χ0v) is 12.0. The molecule has 0 saturated heterocycles. The number of nitrogens with two attached hydrogens (primary N) is 1. The number of benzene rings is 1. The van der Waals surface area contributed by atoms with Crippen LogP contribution in [0.1, 0.15) is 5.69 Å². The molecule has 100 valence electrons. The number of thioether (sulfide) groups is 1. The Morgan fingerprint density at radius 1 is 1.26 bits per heavy atom. The summed E-state index contributed by atoms with van der Waals surface area (Å²) in [5.41, 5.74) is 3.88. The summed E-state index contributed by atoms with van der Waals surface area (Å²) in [6, 6.07) is 13.9. The van der Waals surface area contributed by atoms with Crippen molar-refractivity contribution < 1.29 is 0 Å². The van der Waals surface area contributed by atoms with Crippen LogP contribution in [-0.2, 0) is 6.42 Å². The van der Waals surface area contributed by atoms with Gasteiger partial charge in [0, 0.05) is 40.0 Å². The fourth-order valence-corrected chi connectivity index (χ4v) is 2.94. The Bertz CT molecular complexity index is 507. The number of nitrogens with one attached hydrogen (secondary N) is 1. The van der Waals surface area contributed by atoms with Gasteiger partial charge in [-0.2, -0.15) is 0 Å². The highest BCUT2D eigenvalue weighted by molar-refractivity contribution is 7.99. The summed E-state index contributed by atoms with van der Waals surface area (Å²) in [7, 11) is 0. The topological polar surface area (TPSA) is 50.9 Å². The van der Waals surface area contributed by atoms with E-state index in [1.54, 1.807) is 18.0 Å². The molecule has 0 amide bonds. The van der Waals surface area contributed by atoms with Crippen molar-refractivity contribution in [1.82, 2.24) is 10.4 Å². The summed E-state index contributed by atoms with van der Waals surface area (Å²) in [6.07, 6.45) is 2.61. The van der Waals surface area contributed by atoms with E-state index in [0.29, 0.717) is 0 Å². The van der Waals surface area contributed by atoms with Crippen molar-refractivity contribution in [3.63, 3.8) is 0 Å². The Morgan fingerprint density at radius 3 is 2.84 bits per heavy atom. The molecule has 0 spiro atoms. The number of hydrogen-bond acceptors (Lipinski definition) is 4. The average molecular weight is 294 g/mol. The smallest absolute Gasteiger partial charge is 0.0419 e. The van der Waals surface area contributed by atoms with Crippen molar-refractivity contribution in [2.24, 2.45) is 5.84 Å². The SMILES string of the molecule is NNC(CSc1cccc(Cl)c1)Cc1ccccn1. The number of aromatic nitrogens is 1. The van der Waals surface area contributed by atoms with Crippen LogP contribution in [0.3, 0.4) is 0 Å². The van der Waals surface area contributed by atoms with E-state index >= 15 is 0 Å². The second-order valence-electron chi connectivity index (χ2n) is 4.16. The Hall–Kier alpha value is -1.07. The lowest BCUT2D eigenvalue weighted by molar-refractivity contribution is 0.569. The molecule has 1 unspecified atom stereocenters.